The number of alkyl halides is 3. The summed E-state index contributed by atoms with van der Waals surface area (Å²) >= 11 is 0. The van der Waals surface area contributed by atoms with E-state index in [4.69, 9.17) is 0 Å². The van der Waals surface area contributed by atoms with Crippen LogP contribution < -0.4 is 10.2 Å². The molecule has 1 aromatic carbocycles. The van der Waals surface area contributed by atoms with Crippen LogP contribution in [0, 0.1) is 25.2 Å². The first-order valence-electron chi connectivity index (χ1n) is 11.7. The van der Waals surface area contributed by atoms with Crippen LogP contribution >= 0.6 is 0 Å². The van der Waals surface area contributed by atoms with Crippen LogP contribution in [-0.4, -0.2) is 48.1 Å². The molecule has 4 rings (SSSR count). The summed E-state index contributed by atoms with van der Waals surface area (Å²) in [5.74, 6) is 0.415. The third-order valence-corrected chi connectivity index (χ3v) is 7.09. The van der Waals surface area contributed by atoms with Gasteiger partial charge in [-0.05, 0) is 50.5 Å². The zero-order valence-corrected chi connectivity index (χ0v) is 19.6. The number of halogens is 3. The number of rotatable bonds is 5. The molecule has 1 amide bonds. The van der Waals surface area contributed by atoms with Gasteiger partial charge in [0.15, 0.2) is 0 Å². The van der Waals surface area contributed by atoms with Crippen molar-refractivity contribution in [3.05, 3.63) is 46.6 Å². The fraction of sp³-hybridized carbons (Fsp3) is 0.520. The number of anilines is 2. The first kappa shape index (κ1) is 24.1. The van der Waals surface area contributed by atoms with Crippen LogP contribution in [-0.2, 0) is 11.0 Å². The van der Waals surface area contributed by atoms with Gasteiger partial charge in [0.1, 0.15) is 11.9 Å². The third-order valence-electron chi connectivity index (χ3n) is 7.09. The van der Waals surface area contributed by atoms with Gasteiger partial charge < -0.3 is 14.8 Å². The van der Waals surface area contributed by atoms with Crippen LogP contribution in [0.2, 0.25) is 0 Å². The number of carbonyl (C=O) groups is 1. The molecule has 2 aliphatic rings. The summed E-state index contributed by atoms with van der Waals surface area (Å²) < 4.78 is 41.2. The lowest BCUT2D eigenvalue weighted by Gasteiger charge is -2.36. The SMILES string of the molecule is Cc1c(C#N)c(NC(=O)CN2CCN(c3cccc(C(F)(F)F)c3)CC2)n(C2CCCC2)c1C. The van der Waals surface area contributed by atoms with Gasteiger partial charge in [-0.25, -0.2) is 0 Å². The molecule has 182 valence electrons. The number of nitriles is 1. The minimum atomic E-state index is -4.37. The molecule has 2 fully saturated rings. The van der Waals surface area contributed by atoms with E-state index in [0.717, 1.165) is 43.0 Å². The van der Waals surface area contributed by atoms with E-state index in [0.29, 0.717) is 49.3 Å². The Morgan fingerprint density at radius 1 is 1.15 bits per heavy atom. The molecule has 1 N–H and O–H groups in total. The zero-order valence-electron chi connectivity index (χ0n) is 19.6. The van der Waals surface area contributed by atoms with Crippen molar-refractivity contribution in [2.24, 2.45) is 0 Å². The van der Waals surface area contributed by atoms with Gasteiger partial charge in [-0.15, -0.1) is 0 Å². The van der Waals surface area contributed by atoms with E-state index in [2.05, 4.69) is 16.0 Å². The molecule has 0 atom stereocenters. The second-order valence-electron chi connectivity index (χ2n) is 9.21. The highest BCUT2D eigenvalue weighted by molar-refractivity contribution is 5.93. The van der Waals surface area contributed by atoms with Crippen molar-refractivity contribution < 1.29 is 18.0 Å². The molecular weight excluding hydrogens is 443 g/mol. The molecule has 34 heavy (non-hydrogen) atoms. The highest BCUT2D eigenvalue weighted by atomic mass is 19.4. The Labute approximate surface area is 197 Å². The quantitative estimate of drug-likeness (QED) is 0.673. The number of amides is 1. The minimum absolute atomic E-state index is 0.176. The fourth-order valence-corrected chi connectivity index (χ4v) is 5.12. The highest BCUT2D eigenvalue weighted by Gasteiger charge is 2.31. The van der Waals surface area contributed by atoms with E-state index < -0.39 is 11.7 Å². The van der Waals surface area contributed by atoms with Crippen LogP contribution in [0.15, 0.2) is 24.3 Å². The number of nitrogens with one attached hydrogen (secondary N) is 1. The number of nitrogens with zero attached hydrogens (tertiary/aromatic N) is 4. The Balaban J connectivity index is 1.39. The first-order chi connectivity index (χ1) is 16.2. The van der Waals surface area contributed by atoms with Gasteiger partial charge in [0, 0.05) is 43.6 Å². The lowest BCUT2D eigenvalue weighted by Crippen LogP contribution is -2.48. The highest BCUT2D eigenvalue weighted by Crippen LogP contribution is 2.37. The lowest BCUT2D eigenvalue weighted by molar-refractivity contribution is -0.137. The molecule has 0 spiro atoms. The monoisotopic (exact) mass is 473 g/mol. The van der Waals surface area contributed by atoms with E-state index in [9.17, 15) is 23.2 Å². The summed E-state index contributed by atoms with van der Waals surface area (Å²) in [6.45, 7) is 6.30. The molecule has 1 aliphatic carbocycles. The molecule has 1 aliphatic heterocycles. The Hall–Kier alpha value is -2.99. The van der Waals surface area contributed by atoms with Crippen molar-refractivity contribution in [3.63, 3.8) is 0 Å². The molecule has 0 unspecified atom stereocenters. The van der Waals surface area contributed by atoms with Gasteiger partial charge >= 0.3 is 6.18 Å². The second kappa shape index (κ2) is 9.71. The molecular formula is C25H30F3N5O. The zero-order chi connectivity index (χ0) is 24.5. The van der Waals surface area contributed by atoms with Crippen molar-refractivity contribution in [2.75, 3.05) is 42.9 Å². The third kappa shape index (κ3) is 4.92. The number of benzene rings is 1. The standard InChI is InChI=1S/C25H30F3N5O/c1-17-18(2)33(20-7-3-4-8-20)24(22(17)15-29)30-23(34)16-31-10-12-32(13-11-31)21-9-5-6-19(14-21)25(26,27)28/h5-6,9,14,20H,3-4,7-8,10-13,16H2,1-2H3,(H,30,34). The van der Waals surface area contributed by atoms with Gasteiger partial charge in [-0.3, -0.25) is 9.69 Å². The average Bonchev–Trinajstić information content (AvgIpc) is 3.40. The molecule has 2 heterocycles. The Morgan fingerprint density at radius 2 is 1.82 bits per heavy atom. The van der Waals surface area contributed by atoms with Crippen LogP contribution in [0.25, 0.3) is 0 Å². The minimum Gasteiger partial charge on any atom is -0.369 e. The number of hydrogen-bond donors (Lipinski definition) is 1. The molecule has 1 saturated heterocycles. The summed E-state index contributed by atoms with van der Waals surface area (Å²) in [5, 5.41) is 12.7. The van der Waals surface area contributed by atoms with Gasteiger partial charge in [0.05, 0.1) is 17.7 Å². The predicted octanol–water partition coefficient (Wildman–Crippen LogP) is 4.87. The maximum absolute atomic E-state index is 13.0. The summed E-state index contributed by atoms with van der Waals surface area (Å²) in [6, 6.07) is 7.92. The van der Waals surface area contributed by atoms with E-state index in [1.807, 2.05) is 23.6 Å². The summed E-state index contributed by atoms with van der Waals surface area (Å²) in [4.78, 5) is 16.8. The van der Waals surface area contributed by atoms with E-state index in [1.54, 1.807) is 6.07 Å². The predicted molar refractivity (Wildman–Crippen MR) is 125 cm³/mol. The Kier molecular flexibility index (Phi) is 6.89. The van der Waals surface area contributed by atoms with Crippen LogP contribution in [0.3, 0.4) is 0 Å². The van der Waals surface area contributed by atoms with Crippen LogP contribution in [0.1, 0.15) is 54.1 Å². The van der Waals surface area contributed by atoms with Crippen molar-refractivity contribution in [2.45, 2.75) is 51.7 Å². The number of piperazine rings is 1. The van der Waals surface area contributed by atoms with E-state index >= 15 is 0 Å². The first-order valence-corrected chi connectivity index (χ1v) is 11.7. The van der Waals surface area contributed by atoms with Crippen molar-refractivity contribution in [1.82, 2.24) is 9.47 Å². The van der Waals surface area contributed by atoms with Crippen molar-refractivity contribution >= 4 is 17.4 Å². The molecule has 1 aromatic heterocycles. The average molecular weight is 474 g/mol. The van der Waals surface area contributed by atoms with Crippen LogP contribution in [0.5, 0.6) is 0 Å². The molecule has 9 heteroatoms. The lowest BCUT2D eigenvalue weighted by atomic mass is 10.1. The second-order valence-corrected chi connectivity index (χ2v) is 9.21. The Bertz CT molecular complexity index is 1090. The summed E-state index contributed by atoms with van der Waals surface area (Å²) in [6.07, 6.45) is 0.00495. The van der Waals surface area contributed by atoms with Crippen molar-refractivity contribution in [1.29, 1.82) is 5.26 Å². The van der Waals surface area contributed by atoms with Gasteiger partial charge in [-0.1, -0.05) is 18.9 Å². The number of carbonyl (C=O) groups excluding carboxylic acids is 1. The van der Waals surface area contributed by atoms with Gasteiger partial charge in [0.2, 0.25) is 5.91 Å². The summed E-state index contributed by atoms with van der Waals surface area (Å²) in [7, 11) is 0. The van der Waals surface area contributed by atoms with E-state index in [1.165, 1.54) is 12.1 Å². The fourth-order valence-electron chi connectivity index (χ4n) is 5.12. The largest absolute Gasteiger partial charge is 0.416 e. The van der Waals surface area contributed by atoms with Gasteiger partial charge in [0.25, 0.3) is 0 Å². The molecule has 0 bridgehead atoms. The number of aromatic nitrogens is 1. The molecule has 2 aromatic rings. The number of hydrogen-bond acceptors (Lipinski definition) is 4. The smallest absolute Gasteiger partial charge is 0.369 e. The maximum Gasteiger partial charge on any atom is 0.416 e. The van der Waals surface area contributed by atoms with Gasteiger partial charge in [-0.2, -0.15) is 18.4 Å². The molecule has 1 saturated carbocycles. The maximum atomic E-state index is 13.0. The normalized spacial score (nSPS) is 17.7. The Morgan fingerprint density at radius 3 is 2.44 bits per heavy atom. The van der Waals surface area contributed by atoms with E-state index in [-0.39, 0.29) is 12.5 Å². The topological polar surface area (TPSA) is 64.3 Å². The van der Waals surface area contributed by atoms with Crippen molar-refractivity contribution in [3.8, 4) is 6.07 Å². The summed E-state index contributed by atoms with van der Waals surface area (Å²) in [5.41, 5.74) is 2.33. The van der Waals surface area contributed by atoms with Crippen LogP contribution in [0.4, 0.5) is 24.7 Å². The molecule has 6 nitrogen and oxygen atoms in total. The molecule has 0 radical (unpaired) electrons.